The van der Waals surface area contributed by atoms with E-state index >= 15 is 0 Å². The van der Waals surface area contributed by atoms with Crippen LogP contribution in [-0.4, -0.2) is 36.5 Å². The van der Waals surface area contributed by atoms with E-state index in [9.17, 15) is 4.79 Å². The normalized spacial score (nSPS) is 26.0. The minimum atomic E-state index is 0.114. The first-order valence-corrected chi connectivity index (χ1v) is 5.95. The van der Waals surface area contributed by atoms with Crippen LogP contribution >= 0.6 is 0 Å². The molecular weight excluding hydrogens is 188 g/mol. The Morgan fingerprint density at radius 3 is 2.80 bits per heavy atom. The van der Waals surface area contributed by atoms with Gasteiger partial charge in [0, 0.05) is 12.6 Å². The molecule has 3 nitrogen and oxygen atoms in total. The minimum Gasteiger partial charge on any atom is -0.336 e. The maximum Gasteiger partial charge on any atom is 0.246 e. The molecule has 15 heavy (non-hydrogen) atoms. The lowest BCUT2D eigenvalue weighted by molar-refractivity contribution is -0.127. The van der Waals surface area contributed by atoms with Crippen LogP contribution in [0.4, 0.5) is 0 Å². The number of carbonyl (C=O) groups excluding carboxylic acids is 1. The van der Waals surface area contributed by atoms with Gasteiger partial charge in [0.2, 0.25) is 5.91 Å². The van der Waals surface area contributed by atoms with E-state index in [1.165, 1.54) is 31.8 Å². The van der Waals surface area contributed by atoms with Gasteiger partial charge in [-0.15, -0.1) is 0 Å². The number of hydrogen-bond donors (Lipinski definition) is 1. The Bertz CT molecular complexity index is 242. The van der Waals surface area contributed by atoms with Gasteiger partial charge in [-0.25, -0.2) is 0 Å². The fourth-order valence-corrected chi connectivity index (χ4v) is 2.28. The van der Waals surface area contributed by atoms with Gasteiger partial charge in [0.25, 0.3) is 0 Å². The van der Waals surface area contributed by atoms with Crippen molar-refractivity contribution in [2.45, 2.75) is 31.7 Å². The highest BCUT2D eigenvalue weighted by Crippen LogP contribution is 2.28. The molecule has 0 spiro atoms. The predicted octanol–water partition coefficient (Wildman–Crippen LogP) is 1.16. The zero-order valence-corrected chi connectivity index (χ0v) is 9.24. The van der Waals surface area contributed by atoms with Gasteiger partial charge in [-0.1, -0.05) is 6.58 Å². The van der Waals surface area contributed by atoms with Crippen molar-refractivity contribution in [3.63, 3.8) is 0 Å². The van der Waals surface area contributed by atoms with Crippen molar-refractivity contribution in [1.29, 1.82) is 0 Å². The summed E-state index contributed by atoms with van der Waals surface area (Å²) in [6, 6.07) is 0.512. The predicted molar refractivity (Wildman–Crippen MR) is 60.5 cm³/mol. The van der Waals surface area contributed by atoms with Crippen LogP contribution < -0.4 is 5.32 Å². The topological polar surface area (TPSA) is 32.3 Å². The molecule has 1 heterocycles. The van der Waals surface area contributed by atoms with Gasteiger partial charge in [0.15, 0.2) is 0 Å². The van der Waals surface area contributed by atoms with Crippen molar-refractivity contribution in [2.75, 3.05) is 19.6 Å². The number of rotatable bonds is 4. The Balaban J connectivity index is 1.87. The number of nitrogens with zero attached hydrogens (tertiary/aromatic N) is 1. The summed E-state index contributed by atoms with van der Waals surface area (Å²) >= 11 is 0. The van der Waals surface area contributed by atoms with Crippen molar-refractivity contribution >= 4 is 5.91 Å². The number of piperidine rings is 1. The summed E-state index contributed by atoms with van der Waals surface area (Å²) in [5.41, 5.74) is 0. The lowest BCUT2D eigenvalue weighted by Crippen LogP contribution is -2.41. The molecule has 0 aromatic carbocycles. The minimum absolute atomic E-state index is 0.114. The Hall–Kier alpha value is -0.830. The monoisotopic (exact) mass is 208 g/mol. The molecule has 1 aliphatic heterocycles. The van der Waals surface area contributed by atoms with Crippen LogP contribution in [0.1, 0.15) is 25.7 Å². The summed E-state index contributed by atoms with van der Waals surface area (Å²) in [5.74, 6) is 0.756. The molecule has 1 amide bonds. The van der Waals surface area contributed by atoms with Crippen LogP contribution in [0.3, 0.4) is 0 Å². The van der Waals surface area contributed by atoms with Gasteiger partial charge in [0.1, 0.15) is 0 Å². The van der Waals surface area contributed by atoms with Crippen LogP contribution in [0, 0.1) is 5.92 Å². The third kappa shape index (κ3) is 2.81. The van der Waals surface area contributed by atoms with E-state index in [-0.39, 0.29) is 5.91 Å². The molecule has 2 fully saturated rings. The molecule has 2 aliphatic rings. The Kier molecular flexibility index (Phi) is 3.41. The van der Waals surface area contributed by atoms with Crippen molar-refractivity contribution < 1.29 is 4.79 Å². The summed E-state index contributed by atoms with van der Waals surface area (Å²) in [4.78, 5) is 13.7. The standard InChI is InChI=1S/C12H20N2O/c1-2-12(15)14(11-5-6-11)9-10-4-3-7-13-8-10/h2,10-11,13H,1,3-9H2. The summed E-state index contributed by atoms with van der Waals surface area (Å²) in [5, 5.41) is 3.39. The van der Waals surface area contributed by atoms with E-state index < -0.39 is 0 Å². The van der Waals surface area contributed by atoms with Gasteiger partial charge in [-0.2, -0.15) is 0 Å². The van der Waals surface area contributed by atoms with E-state index in [4.69, 9.17) is 0 Å². The van der Waals surface area contributed by atoms with Gasteiger partial charge in [-0.3, -0.25) is 4.79 Å². The van der Waals surface area contributed by atoms with E-state index in [1.807, 2.05) is 4.90 Å². The van der Waals surface area contributed by atoms with Gasteiger partial charge in [-0.05, 0) is 50.8 Å². The van der Waals surface area contributed by atoms with Crippen LogP contribution in [0.25, 0.3) is 0 Å². The van der Waals surface area contributed by atoms with Crippen LogP contribution in [0.2, 0.25) is 0 Å². The second kappa shape index (κ2) is 4.79. The second-order valence-corrected chi connectivity index (χ2v) is 4.64. The van der Waals surface area contributed by atoms with Crippen molar-refractivity contribution in [3.8, 4) is 0 Å². The Morgan fingerprint density at radius 1 is 1.47 bits per heavy atom. The second-order valence-electron chi connectivity index (χ2n) is 4.64. The third-order valence-corrected chi connectivity index (χ3v) is 3.30. The fourth-order valence-electron chi connectivity index (χ4n) is 2.28. The first-order valence-electron chi connectivity index (χ1n) is 5.95. The van der Waals surface area contributed by atoms with Crippen molar-refractivity contribution in [1.82, 2.24) is 10.2 Å². The molecule has 84 valence electrons. The summed E-state index contributed by atoms with van der Waals surface area (Å²) < 4.78 is 0. The smallest absolute Gasteiger partial charge is 0.246 e. The summed E-state index contributed by atoms with van der Waals surface area (Å²) in [7, 11) is 0. The lowest BCUT2D eigenvalue weighted by atomic mass is 9.99. The maximum atomic E-state index is 11.7. The molecule has 2 rings (SSSR count). The zero-order valence-electron chi connectivity index (χ0n) is 9.24. The van der Waals surface area contributed by atoms with Crippen LogP contribution in [-0.2, 0) is 4.79 Å². The molecule has 0 bridgehead atoms. The summed E-state index contributed by atoms with van der Waals surface area (Å²) in [6.45, 7) is 6.69. The first kappa shape index (κ1) is 10.7. The number of hydrogen-bond acceptors (Lipinski definition) is 2. The van der Waals surface area contributed by atoms with Crippen molar-refractivity contribution in [2.24, 2.45) is 5.92 Å². The van der Waals surface area contributed by atoms with Crippen LogP contribution in [0.5, 0.6) is 0 Å². The van der Waals surface area contributed by atoms with Gasteiger partial charge >= 0.3 is 0 Å². The van der Waals surface area contributed by atoms with E-state index in [0.717, 1.165) is 19.6 Å². The highest BCUT2D eigenvalue weighted by Gasteiger charge is 2.32. The molecule has 1 aliphatic carbocycles. The van der Waals surface area contributed by atoms with E-state index in [0.29, 0.717) is 12.0 Å². The number of carbonyl (C=O) groups is 1. The highest BCUT2D eigenvalue weighted by molar-refractivity contribution is 5.87. The molecule has 0 radical (unpaired) electrons. The molecule has 1 atom stereocenters. The van der Waals surface area contributed by atoms with E-state index in [1.54, 1.807) is 0 Å². The molecule has 1 saturated heterocycles. The average molecular weight is 208 g/mol. The molecule has 3 heteroatoms. The SMILES string of the molecule is C=CC(=O)N(CC1CCCNC1)C1CC1. The number of amides is 1. The molecule has 0 aromatic heterocycles. The molecule has 1 unspecified atom stereocenters. The maximum absolute atomic E-state index is 11.7. The highest BCUT2D eigenvalue weighted by atomic mass is 16.2. The van der Waals surface area contributed by atoms with Crippen LogP contribution in [0.15, 0.2) is 12.7 Å². The third-order valence-electron chi connectivity index (χ3n) is 3.30. The van der Waals surface area contributed by atoms with Gasteiger partial charge < -0.3 is 10.2 Å². The Morgan fingerprint density at radius 2 is 2.27 bits per heavy atom. The largest absolute Gasteiger partial charge is 0.336 e. The molecular formula is C12H20N2O. The molecule has 1 N–H and O–H groups in total. The lowest BCUT2D eigenvalue weighted by Gasteiger charge is -2.29. The van der Waals surface area contributed by atoms with Crippen molar-refractivity contribution in [3.05, 3.63) is 12.7 Å². The first-order chi connectivity index (χ1) is 7.31. The fraction of sp³-hybridized carbons (Fsp3) is 0.750. The zero-order chi connectivity index (χ0) is 10.7. The summed E-state index contributed by atoms with van der Waals surface area (Å²) in [6.07, 6.45) is 6.31. The average Bonchev–Trinajstić information content (AvgIpc) is 3.10. The Labute approximate surface area is 91.5 Å². The quantitative estimate of drug-likeness (QED) is 0.703. The molecule has 0 aromatic rings. The van der Waals surface area contributed by atoms with E-state index in [2.05, 4.69) is 11.9 Å². The molecule has 1 saturated carbocycles. The van der Waals surface area contributed by atoms with Gasteiger partial charge in [0.05, 0.1) is 0 Å². The number of nitrogens with one attached hydrogen (secondary N) is 1.